The lowest BCUT2D eigenvalue weighted by Gasteiger charge is -2.18. The lowest BCUT2D eigenvalue weighted by molar-refractivity contribution is 0.231. The summed E-state index contributed by atoms with van der Waals surface area (Å²) in [4.78, 5) is 0. The molecule has 0 aliphatic carbocycles. The highest BCUT2D eigenvalue weighted by atomic mass is 16.5. The SMILES string of the molecule is COc1cccc(OC)c1OCC(C)CNC(C)C. The minimum atomic E-state index is 0.414. The van der Waals surface area contributed by atoms with Crippen LogP contribution in [0.5, 0.6) is 17.2 Å². The van der Waals surface area contributed by atoms with Crippen molar-refractivity contribution in [2.45, 2.75) is 26.8 Å². The van der Waals surface area contributed by atoms with Gasteiger partial charge in [-0.25, -0.2) is 0 Å². The minimum Gasteiger partial charge on any atom is -0.493 e. The average Bonchev–Trinajstić information content (AvgIpc) is 2.42. The second kappa shape index (κ2) is 7.89. The number of hydrogen-bond donors (Lipinski definition) is 1. The number of rotatable bonds is 8. The molecule has 0 saturated carbocycles. The Balaban J connectivity index is 2.61. The van der Waals surface area contributed by atoms with Gasteiger partial charge in [0.15, 0.2) is 11.5 Å². The first-order valence-corrected chi connectivity index (χ1v) is 6.65. The van der Waals surface area contributed by atoms with Gasteiger partial charge in [0.1, 0.15) is 0 Å². The molecule has 0 aliphatic rings. The van der Waals surface area contributed by atoms with Crippen molar-refractivity contribution < 1.29 is 14.2 Å². The van der Waals surface area contributed by atoms with E-state index in [1.165, 1.54) is 0 Å². The largest absolute Gasteiger partial charge is 0.493 e. The maximum Gasteiger partial charge on any atom is 0.203 e. The summed E-state index contributed by atoms with van der Waals surface area (Å²) < 4.78 is 16.4. The Morgan fingerprint density at radius 1 is 1.05 bits per heavy atom. The number of methoxy groups -OCH3 is 2. The molecule has 0 aromatic heterocycles. The Hall–Kier alpha value is -1.42. The molecule has 1 rings (SSSR count). The summed E-state index contributed by atoms with van der Waals surface area (Å²) in [5.74, 6) is 2.48. The van der Waals surface area contributed by atoms with Gasteiger partial charge in [0.2, 0.25) is 5.75 Å². The molecule has 0 spiro atoms. The molecular weight excluding hydrogens is 242 g/mol. The van der Waals surface area contributed by atoms with Crippen LogP contribution in [0.25, 0.3) is 0 Å². The van der Waals surface area contributed by atoms with E-state index in [0.29, 0.717) is 35.8 Å². The maximum absolute atomic E-state index is 5.85. The lowest BCUT2D eigenvalue weighted by atomic mass is 10.2. The van der Waals surface area contributed by atoms with Gasteiger partial charge in [0.25, 0.3) is 0 Å². The lowest BCUT2D eigenvalue weighted by Crippen LogP contribution is -2.30. The van der Waals surface area contributed by atoms with Crippen molar-refractivity contribution in [3.63, 3.8) is 0 Å². The molecule has 1 unspecified atom stereocenters. The van der Waals surface area contributed by atoms with Crippen LogP contribution in [0.1, 0.15) is 20.8 Å². The van der Waals surface area contributed by atoms with Gasteiger partial charge in [-0.15, -0.1) is 0 Å². The first kappa shape index (κ1) is 15.6. The van der Waals surface area contributed by atoms with E-state index in [2.05, 4.69) is 26.1 Å². The van der Waals surface area contributed by atoms with Crippen molar-refractivity contribution in [3.05, 3.63) is 18.2 Å². The topological polar surface area (TPSA) is 39.7 Å². The van der Waals surface area contributed by atoms with Crippen molar-refractivity contribution in [1.29, 1.82) is 0 Å². The van der Waals surface area contributed by atoms with E-state index in [1.54, 1.807) is 14.2 Å². The van der Waals surface area contributed by atoms with Gasteiger partial charge >= 0.3 is 0 Å². The molecule has 0 heterocycles. The van der Waals surface area contributed by atoms with E-state index < -0.39 is 0 Å². The second-order valence-electron chi connectivity index (χ2n) is 4.97. The molecule has 4 heteroatoms. The first-order chi connectivity index (χ1) is 9.08. The number of ether oxygens (including phenoxy) is 3. The smallest absolute Gasteiger partial charge is 0.203 e. The molecule has 0 radical (unpaired) electrons. The first-order valence-electron chi connectivity index (χ1n) is 6.65. The van der Waals surface area contributed by atoms with E-state index in [-0.39, 0.29) is 0 Å². The summed E-state index contributed by atoms with van der Waals surface area (Å²) in [5, 5.41) is 3.40. The van der Waals surface area contributed by atoms with Gasteiger partial charge in [0, 0.05) is 18.5 Å². The fraction of sp³-hybridized carbons (Fsp3) is 0.600. The van der Waals surface area contributed by atoms with Gasteiger partial charge in [0.05, 0.1) is 20.8 Å². The summed E-state index contributed by atoms with van der Waals surface area (Å²) in [6.07, 6.45) is 0. The van der Waals surface area contributed by atoms with Gasteiger partial charge in [-0.2, -0.15) is 0 Å². The van der Waals surface area contributed by atoms with Gasteiger partial charge in [-0.05, 0) is 12.1 Å². The highest BCUT2D eigenvalue weighted by Gasteiger charge is 2.13. The van der Waals surface area contributed by atoms with Gasteiger partial charge < -0.3 is 19.5 Å². The third kappa shape index (κ3) is 4.99. The van der Waals surface area contributed by atoms with Crippen molar-refractivity contribution in [1.82, 2.24) is 5.32 Å². The third-order valence-corrected chi connectivity index (χ3v) is 2.77. The molecule has 0 aliphatic heterocycles. The molecule has 0 amide bonds. The van der Waals surface area contributed by atoms with Crippen LogP contribution in [0.15, 0.2) is 18.2 Å². The highest BCUT2D eigenvalue weighted by molar-refractivity contribution is 5.51. The Labute approximate surface area is 116 Å². The van der Waals surface area contributed by atoms with E-state index in [4.69, 9.17) is 14.2 Å². The highest BCUT2D eigenvalue weighted by Crippen LogP contribution is 2.36. The van der Waals surface area contributed by atoms with Crippen LogP contribution in [-0.2, 0) is 0 Å². The van der Waals surface area contributed by atoms with Crippen LogP contribution >= 0.6 is 0 Å². The zero-order chi connectivity index (χ0) is 14.3. The van der Waals surface area contributed by atoms with Crippen LogP contribution in [0, 0.1) is 5.92 Å². The van der Waals surface area contributed by atoms with Gasteiger partial charge in [-0.1, -0.05) is 26.8 Å². The molecule has 1 N–H and O–H groups in total. The van der Waals surface area contributed by atoms with Crippen molar-refractivity contribution in [2.24, 2.45) is 5.92 Å². The average molecular weight is 267 g/mol. The molecule has 1 aromatic rings. The Morgan fingerprint density at radius 2 is 1.63 bits per heavy atom. The van der Waals surface area contributed by atoms with Crippen LogP contribution < -0.4 is 19.5 Å². The summed E-state index contributed by atoms with van der Waals surface area (Å²) in [6, 6.07) is 6.11. The summed E-state index contributed by atoms with van der Waals surface area (Å²) in [6.45, 7) is 7.97. The molecular formula is C15H25NO3. The number of hydrogen-bond acceptors (Lipinski definition) is 4. The van der Waals surface area contributed by atoms with E-state index in [1.807, 2.05) is 18.2 Å². The van der Waals surface area contributed by atoms with Crippen molar-refractivity contribution in [2.75, 3.05) is 27.4 Å². The van der Waals surface area contributed by atoms with E-state index >= 15 is 0 Å². The van der Waals surface area contributed by atoms with Crippen molar-refractivity contribution in [3.8, 4) is 17.2 Å². The van der Waals surface area contributed by atoms with E-state index in [0.717, 1.165) is 6.54 Å². The normalized spacial score (nSPS) is 12.3. The summed E-state index contributed by atoms with van der Waals surface area (Å²) in [5.41, 5.74) is 0. The monoisotopic (exact) mass is 267 g/mol. The Bertz CT molecular complexity index is 357. The molecule has 108 valence electrons. The minimum absolute atomic E-state index is 0.414. The predicted molar refractivity (Wildman–Crippen MR) is 77.3 cm³/mol. The van der Waals surface area contributed by atoms with Crippen LogP contribution in [0.2, 0.25) is 0 Å². The van der Waals surface area contributed by atoms with Crippen LogP contribution in [-0.4, -0.2) is 33.4 Å². The summed E-state index contributed by atoms with van der Waals surface area (Å²) >= 11 is 0. The molecule has 4 nitrogen and oxygen atoms in total. The Kier molecular flexibility index (Phi) is 6.50. The molecule has 19 heavy (non-hydrogen) atoms. The maximum atomic E-state index is 5.85. The molecule has 0 bridgehead atoms. The number of para-hydroxylation sites is 1. The fourth-order valence-electron chi connectivity index (χ4n) is 1.68. The fourth-order valence-corrected chi connectivity index (χ4v) is 1.68. The van der Waals surface area contributed by atoms with Crippen LogP contribution in [0.3, 0.4) is 0 Å². The van der Waals surface area contributed by atoms with Crippen molar-refractivity contribution >= 4 is 0 Å². The third-order valence-electron chi connectivity index (χ3n) is 2.77. The molecule has 1 atom stereocenters. The van der Waals surface area contributed by atoms with Crippen LogP contribution in [0.4, 0.5) is 0 Å². The quantitative estimate of drug-likeness (QED) is 0.786. The zero-order valence-corrected chi connectivity index (χ0v) is 12.5. The molecule has 1 aromatic carbocycles. The molecule has 0 saturated heterocycles. The standard InChI is InChI=1S/C15H25NO3/c1-11(2)16-9-12(3)10-19-15-13(17-4)7-6-8-14(15)18-5/h6-8,11-12,16H,9-10H2,1-5H3. The second-order valence-corrected chi connectivity index (χ2v) is 4.97. The summed E-state index contributed by atoms with van der Waals surface area (Å²) in [7, 11) is 3.26. The Morgan fingerprint density at radius 3 is 2.11 bits per heavy atom. The molecule has 0 fully saturated rings. The number of benzene rings is 1. The zero-order valence-electron chi connectivity index (χ0n) is 12.5. The van der Waals surface area contributed by atoms with E-state index in [9.17, 15) is 0 Å². The van der Waals surface area contributed by atoms with Gasteiger partial charge in [-0.3, -0.25) is 0 Å². The number of nitrogens with one attached hydrogen (secondary N) is 1. The predicted octanol–water partition coefficient (Wildman–Crippen LogP) is 2.72.